The maximum Gasteiger partial charge on any atom is 0.334 e. The Morgan fingerprint density at radius 1 is 1.29 bits per heavy atom. The van der Waals surface area contributed by atoms with Crippen LogP contribution in [0.15, 0.2) is 73.3 Å². The highest BCUT2D eigenvalue weighted by Crippen LogP contribution is 2.32. The van der Waals surface area contributed by atoms with Crippen LogP contribution in [0.4, 0.5) is 4.39 Å². The molecule has 6 nitrogen and oxygen atoms in total. The van der Waals surface area contributed by atoms with Crippen molar-refractivity contribution in [2.75, 3.05) is 0 Å². The SMILES string of the molecule is NOC(CC/C=C(/c1ccc(F)cc1)C(Cc1cccc(Cl)c1)n1ccnc1)C(=O)O. The topological polar surface area (TPSA) is 90.4 Å². The molecule has 0 bridgehead atoms. The average molecular weight is 444 g/mol. The van der Waals surface area contributed by atoms with E-state index in [-0.39, 0.29) is 18.3 Å². The van der Waals surface area contributed by atoms with Crippen molar-refractivity contribution >= 4 is 23.1 Å². The number of rotatable bonds is 10. The highest BCUT2D eigenvalue weighted by molar-refractivity contribution is 6.30. The minimum atomic E-state index is -1.12. The molecule has 2 atom stereocenters. The second kappa shape index (κ2) is 10.9. The highest BCUT2D eigenvalue weighted by atomic mass is 35.5. The van der Waals surface area contributed by atoms with Crippen LogP contribution < -0.4 is 5.90 Å². The highest BCUT2D eigenvalue weighted by Gasteiger charge is 2.21. The molecule has 0 radical (unpaired) electrons. The summed E-state index contributed by atoms with van der Waals surface area (Å²) in [6.45, 7) is 0. The summed E-state index contributed by atoms with van der Waals surface area (Å²) in [6, 6.07) is 13.6. The Morgan fingerprint density at radius 2 is 2.06 bits per heavy atom. The number of carbonyl (C=O) groups is 1. The van der Waals surface area contributed by atoms with E-state index in [9.17, 15) is 14.3 Å². The van der Waals surface area contributed by atoms with Crippen LogP contribution in [0.25, 0.3) is 5.57 Å². The summed E-state index contributed by atoms with van der Waals surface area (Å²) >= 11 is 6.17. The molecule has 0 spiro atoms. The van der Waals surface area contributed by atoms with Crippen molar-refractivity contribution in [1.82, 2.24) is 9.55 Å². The fourth-order valence-electron chi connectivity index (χ4n) is 3.45. The number of benzene rings is 2. The lowest BCUT2D eigenvalue weighted by molar-refractivity contribution is -0.151. The lowest BCUT2D eigenvalue weighted by Gasteiger charge is -2.23. The van der Waals surface area contributed by atoms with Crippen LogP contribution in [0.1, 0.15) is 30.0 Å². The number of allylic oxidation sites excluding steroid dienone is 2. The number of carboxylic acids is 1. The molecule has 3 N–H and O–H groups in total. The number of nitrogens with zero attached hydrogens (tertiary/aromatic N) is 2. The number of aliphatic carboxylic acids is 1. The number of halogens is 2. The van der Waals surface area contributed by atoms with Gasteiger partial charge in [0.05, 0.1) is 12.4 Å². The van der Waals surface area contributed by atoms with Gasteiger partial charge in [0.1, 0.15) is 5.82 Å². The van der Waals surface area contributed by atoms with E-state index in [1.54, 1.807) is 24.7 Å². The zero-order valence-electron chi connectivity index (χ0n) is 16.7. The molecule has 0 aliphatic heterocycles. The lowest BCUT2D eigenvalue weighted by Crippen LogP contribution is -2.26. The quantitative estimate of drug-likeness (QED) is 0.444. The lowest BCUT2D eigenvalue weighted by atomic mass is 9.91. The van der Waals surface area contributed by atoms with Crippen molar-refractivity contribution in [3.8, 4) is 0 Å². The van der Waals surface area contributed by atoms with Gasteiger partial charge in [0, 0.05) is 17.4 Å². The molecular weight excluding hydrogens is 421 g/mol. The Kier molecular flexibility index (Phi) is 7.94. The number of carboxylic acid groups (broad SMARTS) is 1. The Hall–Kier alpha value is -3.00. The average Bonchev–Trinajstić information content (AvgIpc) is 3.28. The molecule has 2 aromatic carbocycles. The molecule has 8 heteroatoms. The Bertz CT molecular complexity index is 1020. The summed E-state index contributed by atoms with van der Waals surface area (Å²) < 4.78 is 15.5. The number of aromatic nitrogens is 2. The molecule has 1 aromatic heterocycles. The van der Waals surface area contributed by atoms with Gasteiger partial charge in [0.15, 0.2) is 6.10 Å². The van der Waals surface area contributed by atoms with E-state index in [0.29, 0.717) is 17.9 Å². The fraction of sp³-hybridized carbons (Fsp3) is 0.217. The zero-order valence-corrected chi connectivity index (χ0v) is 17.5. The van der Waals surface area contributed by atoms with E-state index in [1.807, 2.05) is 41.1 Å². The minimum Gasteiger partial charge on any atom is -0.479 e. The molecule has 0 fully saturated rings. The molecule has 0 aliphatic rings. The summed E-state index contributed by atoms with van der Waals surface area (Å²) in [6.07, 6.45) is 7.31. The van der Waals surface area contributed by atoms with E-state index in [2.05, 4.69) is 9.82 Å². The summed E-state index contributed by atoms with van der Waals surface area (Å²) in [7, 11) is 0. The third-order valence-corrected chi connectivity index (χ3v) is 5.21. The minimum absolute atomic E-state index is 0.173. The second-order valence-electron chi connectivity index (χ2n) is 7.07. The smallest absolute Gasteiger partial charge is 0.334 e. The van der Waals surface area contributed by atoms with Gasteiger partial charge in [-0.15, -0.1) is 0 Å². The third-order valence-electron chi connectivity index (χ3n) is 4.97. The fourth-order valence-corrected chi connectivity index (χ4v) is 3.66. The van der Waals surface area contributed by atoms with Crippen molar-refractivity contribution in [2.24, 2.45) is 5.90 Å². The van der Waals surface area contributed by atoms with Crippen LogP contribution in [0.2, 0.25) is 5.02 Å². The van der Waals surface area contributed by atoms with E-state index < -0.39 is 12.1 Å². The van der Waals surface area contributed by atoms with Crippen LogP contribution in [-0.4, -0.2) is 26.7 Å². The maximum atomic E-state index is 13.6. The van der Waals surface area contributed by atoms with Crippen molar-refractivity contribution in [2.45, 2.75) is 31.4 Å². The van der Waals surface area contributed by atoms with Gasteiger partial charge in [-0.05, 0) is 60.2 Å². The summed E-state index contributed by atoms with van der Waals surface area (Å²) in [5.74, 6) is 3.65. The first-order chi connectivity index (χ1) is 15.0. The summed E-state index contributed by atoms with van der Waals surface area (Å²) in [5, 5.41) is 9.81. The molecule has 0 aliphatic carbocycles. The molecule has 1 heterocycles. The number of nitrogens with two attached hydrogens (primary N) is 1. The summed E-state index contributed by atoms with van der Waals surface area (Å²) in [4.78, 5) is 19.9. The Labute approximate surface area is 184 Å². The first-order valence-corrected chi connectivity index (χ1v) is 10.1. The van der Waals surface area contributed by atoms with Gasteiger partial charge in [0.25, 0.3) is 0 Å². The number of hydrogen-bond acceptors (Lipinski definition) is 4. The van der Waals surface area contributed by atoms with Crippen LogP contribution >= 0.6 is 11.6 Å². The molecule has 0 amide bonds. The van der Waals surface area contributed by atoms with Gasteiger partial charge in [0.2, 0.25) is 0 Å². The van der Waals surface area contributed by atoms with E-state index in [4.69, 9.17) is 17.5 Å². The first-order valence-electron chi connectivity index (χ1n) is 9.74. The molecule has 3 rings (SSSR count). The Balaban J connectivity index is 1.99. The van der Waals surface area contributed by atoms with Gasteiger partial charge < -0.3 is 9.67 Å². The first kappa shape index (κ1) is 22.7. The zero-order chi connectivity index (χ0) is 22.2. The predicted octanol–water partition coefficient (Wildman–Crippen LogP) is 4.67. The molecular formula is C23H23ClFN3O3. The molecule has 0 saturated carbocycles. The Morgan fingerprint density at radius 3 is 2.68 bits per heavy atom. The van der Waals surface area contributed by atoms with E-state index in [1.165, 1.54) is 12.1 Å². The van der Waals surface area contributed by atoms with Crippen LogP contribution in [0.5, 0.6) is 0 Å². The number of imidazole rings is 1. The van der Waals surface area contributed by atoms with Crippen molar-refractivity contribution in [3.05, 3.63) is 95.3 Å². The van der Waals surface area contributed by atoms with E-state index >= 15 is 0 Å². The van der Waals surface area contributed by atoms with E-state index in [0.717, 1.165) is 16.7 Å². The normalized spacial score (nSPS) is 13.7. The monoisotopic (exact) mass is 443 g/mol. The standard InChI is InChI=1S/C23H23ClFN3O3/c24-18-4-1-3-16(13-18)14-21(28-12-11-27-15-28)20(17-7-9-19(25)10-8-17)5-2-6-22(31-26)23(29)30/h1,3-5,7-13,15,21-22H,2,6,14,26H2,(H,29,30)/b20-5-. The van der Waals surface area contributed by atoms with Gasteiger partial charge in [-0.3, -0.25) is 4.84 Å². The van der Waals surface area contributed by atoms with Crippen LogP contribution in [0, 0.1) is 5.82 Å². The molecule has 2 unspecified atom stereocenters. The molecule has 3 aromatic rings. The van der Waals surface area contributed by atoms with Gasteiger partial charge in [-0.1, -0.05) is 41.9 Å². The summed E-state index contributed by atoms with van der Waals surface area (Å²) in [5.41, 5.74) is 2.75. The third kappa shape index (κ3) is 6.24. The van der Waals surface area contributed by atoms with Gasteiger partial charge in [-0.25, -0.2) is 20.1 Å². The van der Waals surface area contributed by atoms with Crippen LogP contribution in [-0.2, 0) is 16.1 Å². The molecule has 162 valence electrons. The van der Waals surface area contributed by atoms with Gasteiger partial charge in [-0.2, -0.15) is 0 Å². The van der Waals surface area contributed by atoms with Crippen molar-refractivity contribution in [1.29, 1.82) is 0 Å². The largest absolute Gasteiger partial charge is 0.479 e. The predicted molar refractivity (Wildman–Crippen MR) is 117 cm³/mol. The molecule has 31 heavy (non-hydrogen) atoms. The van der Waals surface area contributed by atoms with Crippen LogP contribution in [0.3, 0.4) is 0 Å². The maximum absolute atomic E-state index is 13.6. The number of hydrogen-bond donors (Lipinski definition) is 2. The van der Waals surface area contributed by atoms with Gasteiger partial charge >= 0.3 is 5.97 Å². The second-order valence-corrected chi connectivity index (χ2v) is 7.50. The molecule has 0 saturated heterocycles. The van der Waals surface area contributed by atoms with Crippen molar-refractivity contribution < 1.29 is 19.1 Å². The van der Waals surface area contributed by atoms with Crippen molar-refractivity contribution in [3.63, 3.8) is 0 Å².